The summed E-state index contributed by atoms with van der Waals surface area (Å²) in [7, 11) is 0. The Balaban J connectivity index is 1.32. The number of hydrogen-bond donors (Lipinski definition) is 1. The third kappa shape index (κ3) is 4.64. The fraction of sp³-hybridized carbons (Fsp3) is 0.0714. The number of para-hydroxylation sites is 1. The SMILES string of the molecule is N=C1/C(=C/c2cn(Cc3ccccc3Cl)c3ccccc23)C(=O)N=C2SN=C(SCc3ccccc3)N12. The topological polar surface area (TPSA) is 73.8 Å². The molecule has 0 radical (unpaired) electrons. The number of fused-ring (bicyclic) bond motifs is 2. The standard InChI is InChI=1S/C28H20ClN5OS2/c29-23-12-6-4-10-19(23)15-33-16-20(21-11-5-7-13-24(21)33)14-22-25(30)34-27(31-26(22)35)37-32-28(34)36-17-18-8-2-1-3-9-18/h1-14,16,30H,15,17H2/b22-14-,30-25?. The smallest absolute Gasteiger partial charge is 0.283 e. The Hall–Kier alpha value is -3.59. The Morgan fingerprint density at radius 3 is 2.59 bits per heavy atom. The van der Waals surface area contributed by atoms with Crippen LogP contribution in [0, 0.1) is 5.41 Å². The maximum absolute atomic E-state index is 13.0. The van der Waals surface area contributed by atoms with E-state index in [2.05, 4.69) is 26.1 Å². The normalized spacial score (nSPS) is 16.4. The van der Waals surface area contributed by atoms with Gasteiger partial charge >= 0.3 is 0 Å². The number of amidine groups is 3. The highest BCUT2D eigenvalue weighted by molar-refractivity contribution is 8.18. The zero-order chi connectivity index (χ0) is 25.4. The molecule has 0 unspecified atom stereocenters. The summed E-state index contributed by atoms with van der Waals surface area (Å²) < 4.78 is 6.60. The summed E-state index contributed by atoms with van der Waals surface area (Å²) in [6, 6.07) is 25.9. The molecule has 6 rings (SSSR count). The van der Waals surface area contributed by atoms with Crippen LogP contribution >= 0.6 is 35.3 Å². The summed E-state index contributed by atoms with van der Waals surface area (Å²) in [5, 5.41) is 11.7. The lowest BCUT2D eigenvalue weighted by Crippen LogP contribution is -2.41. The van der Waals surface area contributed by atoms with E-state index in [1.165, 1.54) is 11.8 Å². The predicted octanol–water partition coefficient (Wildman–Crippen LogP) is 6.85. The van der Waals surface area contributed by atoms with E-state index >= 15 is 0 Å². The third-order valence-electron chi connectivity index (χ3n) is 6.12. The highest BCUT2D eigenvalue weighted by atomic mass is 35.5. The number of nitrogens with one attached hydrogen (secondary N) is 1. The van der Waals surface area contributed by atoms with E-state index in [0.29, 0.717) is 27.7 Å². The van der Waals surface area contributed by atoms with Crippen LogP contribution in [0.2, 0.25) is 5.02 Å². The van der Waals surface area contributed by atoms with Crippen molar-refractivity contribution >= 4 is 74.4 Å². The number of carbonyl (C=O) groups is 1. The number of aromatic nitrogens is 1. The van der Waals surface area contributed by atoms with Crippen LogP contribution in [-0.4, -0.2) is 31.5 Å². The first-order valence-electron chi connectivity index (χ1n) is 11.6. The Bertz CT molecular complexity index is 1640. The highest BCUT2D eigenvalue weighted by Crippen LogP contribution is 2.34. The third-order valence-corrected chi connectivity index (χ3v) is 8.32. The molecular formula is C28H20ClN5OS2. The van der Waals surface area contributed by atoms with Crippen molar-refractivity contribution in [1.82, 2.24) is 9.47 Å². The molecule has 2 aliphatic heterocycles. The van der Waals surface area contributed by atoms with Gasteiger partial charge in [0.1, 0.15) is 5.84 Å². The van der Waals surface area contributed by atoms with Crippen LogP contribution in [0.25, 0.3) is 17.0 Å². The molecule has 0 fully saturated rings. The molecule has 37 heavy (non-hydrogen) atoms. The van der Waals surface area contributed by atoms with Crippen molar-refractivity contribution in [2.75, 3.05) is 0 Å². The van der Waals surface area contributed by atoms with Gasteiger partial charge in [0.25, 0.3) is 5.91 Å². The Morgan fingerprint density at radius 2 is 1.76 bits per heavy atom. The van der Waals surface area contributed by atoms with E-state index < -0.39 is 5.91 Å². The molecule has 1 aromatic heterocycles. The Kier molecular flexibility index (Phi) is 6.46. The summed E-state index contributed by atoms with van der Waals surface area (Å²) in [6.45, 7) is 0.590. The molecule has 0 saturated heterocycles. The number of amides is 1. The monoisotopic (exact) mass is 541 g/mol. The summed E-state index contributed by atoms with van der Waals surface area (Å²) >= 11 is 9.08. The van der Waals surface area contributed by atoms with E-state index in [1.807, 2.05) is 72.9 Å². The summed E-state index contributed by atoms with van der Waals surface area (Å²) in [5.74, 6) is 0.359. The Labute approximate surface area is 227 Å². The average molecular weight is 542 g/mol. The molecule has 4 aromatic rings. The largest absolute Gasteiger partial charge is 0.342 e. The van der Waals surface area contributed by atoms with E-state index in [4.69, 9.17) is 17.0 Å². The first kappa shape index (κ1) is 23.8. The van der Waals surface area contributed by atoms with Gasteiger partial charge in [0, 0.05) is 40.0 Å². The van der Waals surface area contributed by atoms with Crippen molar-refractivity contribution < 1.29 is 4.79 Å². The number of halogens is 1. The second-order valence-corrected chi connectivity index (χ2v) is 10.6. The number of benzene rings is 3. The van der Waals surface area contributed by atoms with Gasteiger partial charge in [-0.2, -0.15) is 9.39 Å². The Morgan fingerprint density at radius 1 is 1.00 bits per heavy atom. The molecule has 2 aliphatic rings. The van der Waals surface area contributed by atoms with Crippen molar-refractivity contribution in [2.45, 2.75) is 12.3 Å². The first-order valence-corrected chi connectivity index (χ1v) is 13.7. The summed E-state index contributed by atoms with van der Waals surface area (Å²) in [6.07, 6.45) is 3.76. The van der Waals surface area contributed by atoms with Gasteiger partial charge in [0.2, 0.25) is 5.17 Å². The molecule has 0 spiro atoms. The molecule has 3 aromatic carbocycles. The second-order valence-electron chi connectivity index (χ2n) is 8.50. The molecule has 6 nitrogen and oxygen atoms in total. The summed E-state index contributed by atoms with van der Waals surface area (Å²) in [5.41, 5.74) is 4.26. The summed E-state index contributed by atoms with van der Waals surface area (Å²) in [4.78, 5) is 18.9. The van der Waals surface area contributed by atoms with Crippen LogP contribution in [0.5, 0.6) is 0 Å². The lowest BCUT2D eigenvalue weighted by Gasteiger charge is -2.24. The van der Waals surface area contributed by atoms with Crippen molar-refractivity contribution in [1.29, 1.82) is 5.41 Å². The van der Waals surface area contributed by atoms with Crippen LogP contribution in [0.15, 0.2) is 100 Å². The van der Waals surface area contributed by atoms with Crippen LogP contribution in [0.4, 0.5) is 0 Å². The van der Waals surface area contributed by atoms with Crippen LogP contribution in [0.1, 0.15) is 16.7 Å². The van der Waals surface area contributed by atoms with Gasteiger partial charge in [-0.05, 0) is 29.3 Å². The van der Waals surface area contributed by atoms with E-state index in [0.717, 1.165) is 39.5 Å². The molecule has 0 saturated carbocycles. The fourth-order valence-electron chi connectivity index (χ4n) is 4.30. The van der Waals surface area contributed by atoms with Crippen molar-refractivity contribution in [3.63, 3.8) is 0 Å². The lowest BCUT2D eigenvalue weighted by atomic mass is 10.1. The minimum Gasteiger partial charge on any atom is -0.342 e. The fourth-order valence-corrected chi connectivity index (χ4v) is 6.30. The van der Waals surface area contributed by atoms with Crippen molar-refractivity contribution in [3.8, 4) is 0 Å². The maximum Gasteiger partial charge on any atom is 0.283 e. The predicted molar refractivity (Wildman–Crippen MR) is 155 cm³/mol. The maximum atomic E-state index is 13.0. The average Bonchev–Trinajstić information content (AvgIpc) is 3.48. The van der Waals surface area contributed by atoms with Crippen molar-refractivity contribution in [2.24, 2.45) is 9.39 Å². The molecule has 3 heterocycles. The lowest BCUT2D eigenvalue weighted by molar-refractivity contribution is -0.114. The number of hydrogen-bond acceptors (Lipinski definition) is 5. The molecular weight excluding hydrogens is 522 g/mol. The molecule has 182 valence electrons. The van der Waals surface area contributed by atoms with Gasteiger partial charge in [-0.1, -0.05) is 90.1 Å². The van der Waals surface area contributed by atoms with E-state index in [9.17, 15) is 4.79 Å². The minimum atomic E-state index is -0.434. The van der Waals surface area contributed by atoms with Gasteiger partial charge in [-0.15, -0.1) is 0 Å². The molecule has 9 heteroatoms. The van der Waals surface area contributed by atoms with Crippen LogP contribution in [0.3, 0.4) is 0 Å². The first-order chi connectivity index (χ1) is 18.1. The quantitative estimate of drug-likeness (QED) is 0.221. The van der Waals surface area contributed by atoms with Gasteiger partial charge in [-0.3, -0.25) is 10.2 Å². The van der Waals surface area contributed by atoms with Gasteiger partial charge in [0.15, 0.2) is 5.17 Å². The number of rotatable bonds is 5. The molecule has 1 N–H and O–H groups in total. The van der Waals surface area contributed by atoms with Gasteiger partial charge < -0.3 is 4.57 Å². The molecule has 0 aliphatic carbocycles. The minimum absolute atomic E-state index is 0.0854. The molecule has 0 atom stereocenters. The zero-order valence-electron chi connectivity index (χ0n) is 19.5. The van der Waals surface area contributed by atoms with E-state index in [1.54, 1.807) is 11.0 Å². The van der Waals surface area contributed by atoms with Gasteiger partial charge in [-0.25, -0.2) is 4.90 Å². The second kappa shape index (κ2) is 10.0. The number of thioether (sulfide) groups is 1. The molecule has 0 bridgehead atoms. The highest BCUT2D eigenvalue weighted by Gasteiger charge is 2.37. The van der Waals surface area contributed by atoms with Crippen LogP contribution < -0.4 is 0 Å². The van der Waals surface area contributed by atoms with E-state index in [-0.39, 0.29) is 11.4 Å². The number of aliphatic imine (C=N–C) groups is 1. The number of nitrogens with zero attached hydrogens (tertiary/aromatic N) is 4. The van der Waals surface area contributed by atoms with Gasteiger partial charge in [0.05, 0.1) is 17.5 Å². The molecule has 1 amide bonds. The van der Waals surface area contributed by atoms with Crippen molar-refractivity contribution in [3.05, 3.63) is 112 Å². The zero-order valence-corrected chi connectivity index (χ0v) is 21.9. The van der Waals surface area contributed by atoms with Crippen LogP contribution in [-0.2, 0) is 17.1 Å². The number of carbonyl (C=O) groups excluding carboxylic acids is 1.